The first kappa shape index (κ1) is 14.4. The minimum absolute atomic E-state index is 0.0803. The van der Waals surface area contributed by atoms with E-state index in [1.807, 2.05) is 54.6 Å². The van der Waals surface area contributed by atoms with Gasteiger partial charge in [-0.15, -0.1) is 0 Å². The average molecular weight is 298 g/mol. The van der Waals surface area contributed by atoms with E-state index in [4.69, 9.17) is 9.47 Å². The van der Waals surface area contributed by atoms with Gasteiger partial charge in [0.1, 0.15) is 12.7 Å². The lowest BCUT2D eigenvalue weighted by atomic mass is 10.2. The highest BCUT2D eigenvalue weighted by atomic mass is 16.6. The number of benzene rings is 2. The predicted octanol–water partition coefficient (Wildman–Crippen LogP) is 2.05. The lowest BCUT2D eigenvalue weighted by Gasteiger charge is -2.26. The van der Waals surface area contributed by atoms with Crippen molar-refractivity contribution in [1.29, 1.82) is 0 Å². The van der Waals surface area contributed by atoms with Crippen molar-refractivity contribution in [2.45, 2.75) is 6.10 Å². The average Bonchev–Trinajstić information content (AvgIpc) is 2.55. The zero-order chi connectivity index (χ0) is 15.2. The summed E-state index contributed by atoms with van der Waals surface area (Å²) in [6.07, 6.45) is -0.0978. The van der Waals surface area contributed by atoms with Crippen molar-refractivity contribution >= 4 is 11.6 Å². The van der Waals surface area contributed by atoms with Gasteiger partial charge in [-0.3, -0.25) is 4.79 Å². The fourth-order valence-corrected chi connectivity index (χ4v) is 2.24. The molecule has 0 saturated heterocycles. The van der Waals surface area contributed by atoms with Gasteiger partial charge in [-0.1, -0.05) is 30.3 Å². The van der Waals surface area contributed by atoms with E-state index in [2.05, 4.69) is 10.6 Å². The molecule has 0 spiro atoms. The van der Waals surface area contributed by atoms with E-state index in [0.29, 0.717) is 13.2 Å². The van der Waals surface area contributed by atoms with E-state index in [0.717, 1.165) is 17.2 Å². The number of fused-ring (bicyclic) bond motifs is 1. The molecule has 0 fully saturated rings. The summed E-state index contributed by atoms with van der Waals surface area (Å²) >= 11 is 0. The maximum atomic E-state index is 11.8. The molecule has 0 aromatic heterocycles. The second kappa shape index (κ2) is 6.95. The number of para-hydroxylation sites is 3. The minimum Gasteiger partial charge on any atom is -0.486 e. The highest BCUT2D eigenvalue weighted by Crippen LogP contribution is 2.30. The van der Waals surface area contributed by atoms with Gasteiger partial charge < -0.3 is 20.1 Å². The first-order chi connectivity index (χ1) is 10.8. The summed E-state index contributed by atoms with van der Waals surface area (Å²) in [6.45, 7) is 1.26. The molecule has 1 atom stereocenters. The molecule has 22 heavy (non-hydrogen) atoms. The summed E-state index contributed by atoms with van der Waals surface area (Å²) in [5.74, 6) is 1.43. The van der Waals surface area contributed by atoms with Gasteiger partial charge in [-0.05, 0) is 24.3 Å². The van der Waals surface area contributed by atoms with E-state index in [-0.39, 0.29) is 18.6 Å². The molecule has 0 radical (unpaired) electrons. The molecule has 1 aliphatic rings. The Hall–Kier alpha value is -2.53. The first-order valence-corrected chi connectivity index (χ1v) is 7.25. The summed E-state index contributed by atoms with van der Waals surface area (Å²) in [4.78, 5) is 11.8. The largest absolute Gasteiger partial charge is 0.486 e. The standard InChI is InChI=1S/C17H18N2O3/c20-17(19-13-6-2-1-3-7-13)11-18-10-14-12-21-15-8-4-5-9-16(15)22-14/h1-9,14,18H,10-12H2,(H,19,20)/t14-/m1/s1. The Bertz CT molecular complexity index is 631. The molecule has 5 nitrogen and oxygen atoms in total. The van der Waals surface area contributed by atoms with Gasteiger partial charge in [-0.25, -0.2) is 0 Å². The molecule has 114 valence electrons. The lowest BCUT2D eigenvalue weighted by molar-refractivity contribution is -0.115. The van der Waals surface area contributed by atoms with E-state index in [9.17, 15) is 4.79 Å². The van der Waals surface area contributed by atoms with Crippen LogP contribution >= 0.6 is 0 Å². The van der Waals surface area contributed by atoms with Crippen LogP contribution < -0.4 is 20.1 Å². The Morgan fingerprint density at radius 1 is 1.05 bits per heavy atom. The van der Waals surface area contributed by atoms with E-state index in [1.165, 1.54) is 0 Å². The SMILES string of the molecule is O=C(CNC[C@@H]1COc2ccccc2O1)Nc1ccccc1. The first-order valence-electron chi connectivity index (χ1n) is 7.25. The molecule has 0 bridgehead atoms. The number of nitrogens with one attached hydrogen (secondary N) is 2. The van der Waals surface area contributed by atoms with Crippen LogP contribution in [0.1, 0.15) is 0 Å². The minimum atomic E-state index is -0.0978. The number of anilines is 1. The van der Waals surface area contributed by atoms with Crippen molar-refractivity contribution < 1.29 is 14.3 Å². The van der Waals surface area contributed by atoms with Crippen LogP contribution in [-0.4, -0.2) is 31.7 Å². The van der Waals surface area contributed by atoms with Crippen molar-refractivity contribution in [1.82, 2.24) is 5.32 Å². The van der Waals surface area contributed by atoms with E-state index >= 15 is 0 Å². The molecule has 1 amide bonds. The van der Waals surface area contributed by atoms with Gasteiger partial charge in [0.15, 0.2) is 11.5 Å². The van der Waals surface area contributed by atoms with Crippen molar-refractivity contribution in [2.75, 3.05) is 25.0 Å². The predicted molar refractivity (Wildman–Crippen MR) is 84.3 cm³/mol. The third-order valence-corrected chi connectivity index (χ3v) is 3.28. The highest BCUT2D eigenvalue weighted by Gasteiger charge is 2.20. The van der Waals surface area contributed by atoms with Crippen LogP contribution in [-0.2, 0) is 4.79 Å². The summed E-state index contributed by atoms with van der Waals surface area (Å²) in [6, 6.07) is 17.0. The van der Waals surface area contributed by atoms with Crippen LogP contribution in [0, 0.1) is 0 Å². The molecule has 5 heteroatoms. The third kappa shape index (κ3) is 3.77. The molecule has 0 saturated carbocycles. The molecule has 1 heterocycles. The fourth-order valence-electron chi connectivity index (χ4n) is 2.24. The monoisotopic (exact) mass is 298 g/mol. The summed E-state index contributed by atoms with van der Waals surface area (Å²) in [5.41, 5.74) is 0.792. The maximum Gasteiger partial charge on any atom is 0.238 e. The Morgan fingerprint density at radius 3 is 2.59 bits per heavy atom. The molecular weight excluding hydrogens is 280 g/mol. The Labute approximate surface area is 129 Å². The van der Waals surface area contributed by atoms with E-state index in [1.54, 1.807) is 0 Å². The van der Waals surface area contributed by atoms with Gasteiger partial charge in [0.2, 0.25) is 5.91 Å². The van der Waals surface area contributed by atoms with Gasteiger partial charge in [0.25, 0.3) is 0 Å². The Kier molecular flexibility index (Phi) is 4.56. The van der Waals surface area contributed by atoms with Crippen LogP contribution in [0.15, 0.2) is 54.6 Å². The van der Waals surface area contributed by atoms with Gasteiger partial charge in [0, 0.05) is 12.2 Å². The van der Waals surface area contributed by atoms with Crippen molar-refractivity contribution in [2.24, 2.45) is 0 Å². The topological polar surface area (TPSA) is 59.6 Å². The van der Waals surface area contributed by atoms with Crippen LogP contribution in [0.5, 0.6) is 11.5 Å². The number of carbonyl (C=O) groups is 1. The number of hydrogen-bond donors (Lipinski definition) is 2. The molecule has 3 rings (SSSR count). The van der Waals surface area contributed by atoms with Crippen LogP contribution in [0.2, 0.25) is 0 Å². The zero-order valence-corrected chi connectivity index (χ0v) is 12.1. The summed E-state index contributed by atoms with van der Waals surface area (Å²) in [5, 5.41) is 5.91. The lowest BCUT2D eigenvalue weighted by Crippen LogP contribution is -2.41. The van der Waals surface area contributed by atoms with Crippen molar-refractivity contribution in [3.63, 3.8) is 0 Å². The van der Waals surface area contributed by atoms with Gasteiger partial charge in [-0.2, -0.15) is 0 Å². The van der Waals surface area contributed by atoms with Gasteiger partial charge in [0.05, 0.1) is 6.54 Å². The number of amides is 1. The summed E-state index contributed by atoms with van der Waals surface area (Å²) < 4.78 is 11.4. The van der Waals surface area contributed by atoms with Crippen LogP contribution in [0.3, 0.4) is 0 Å². The maximum absolute atomic E-state index is 11.8. The highest BCUT2D eigenvalue weighted by molar-refractivity contribution is 5.92. The number of carbonyl (C=O) groups excluding carboxylic acids is 1. The van der Waals surface area contributed by atoms with Crippen molar-refractivity contribution in [3.05, 3.63) is 54.6 Å². The number of ether oxygens (including phenoxy) is 2. The second-order valence-electron chi connectivity index (χ2n) is 5.04. The molecule has 2 aromatic carbocycles. The van der Waals surface area contributed by atoms with Crippen LogP contribution in [0.25, 0.3) is 0 Å². The van der Waals surface area contributed by atoms with E-state index < -0.39 is 0 Å². The summed E-state index contributed by atoms with van der Waals surface area (Å²) in [7, 11) is 0. The smallest absolute Gasteiger partial charge is 0.238 e. The van der Waals surface area contributed by atoms with Crippen molar-refractivity contribution in [3.8, 4) is 11.5 Å². The number of rotatable bonds is 5. The third-order valence-electron chi connectivity index (χ3n) is 3.28. The van der Waals surface area contributed by atoms with Crippen LogP contribution in [0.4, 0.5) is 5.69 Å². The quantitative estimate of drug-likeness (QED) is 0.887. The van der Waals surface area contributed by atoms with Gasteiger partial charge >= 0.3 is 0 Å². The fraction of sp³-hybridized carbons (Fsp3) is 0.235. The Morgan fingerprint density at radius 2 is 1.77 bits per heavy atom. The Balaban J connectivity index is 1.41. The molecule has 2 N–H and O–H groups in total. The molecule has 0 aliphatic carbocycles. The number of hydrogen-bond acceptors (Lipinski definition) is 4. The molecule has 2 aromatic rings. The zero-order valence-electron chi connectivity index (χ0n) is 12.1. The molecule has 0 unspecified atom stereocenters. The molecular formula is C17H18N2O3. The molecule has 1 aliphatic heterocycles. The second-order valence-corrected chi connectivity index (χ2v) is 5.04. The normalized spacial score (nSPS) is 16.1.